The van der Waals surface area contributed by atoms with Gasteiger partial charge in [-0.3, -0.25) is 24.8 Å². The number of aromatic amines is 1. The average Bonchev–Trinajstić information content (AvgIpc) is 2.72. The number of anilines is 1. The number of hydrogen-bond acceptors (Lipinski definition) is 5. The van der Waals surface area contributed by atoms with Gasteiger partial charge in [-0.15, -0.1) is 0 Å². The Morgan fingerprint density at radius 3 is 2.87 bits per heavy atom. The number of benzene rings is 2. The number of nitrogens with one attached hydrogen (secondary N) is 2. The summed E-state index contributed by atoms with van der Waals surface area (Å²) in [6.45, 7) is 2.63. The van der Waals surface area contributed by atoms with Crippen molar-refractivity contribution in [1.29, 1.82) is 0 Å². The molecule has 1 aromatic heterocycles. The van der Waals surface area contributed by atoms with Crippen LogP contribution in [0.3, 0.4) is 0 Å². The highest BCUT2D eigenvalue weighted by Crippen LogP contribution is 2.36. The number of aryl methyl sites for hydroxylation is 1. The van der Waals surface area contributed by atoms with E-state index in [1.54, 1.807) is 14.0 Å². The molecular weight excluding hydrogens is 380 g/mol. The van der Waals surface area contributed by atoms with Crippen LogP contribution in [0.2, 0.25) is 0 Å². The standard InChI is InChI=1S/C23H24N4O3/c1-15-12-20(28)25-23(24-15)26-21(29)14-27-11-10-16-6-3-4-9-19(16)22(27)17-7-5-8-18(13-17)30-2/h3-9,12-13,22H,10-11,14H2,1-2H3,(H2,24,25,26,28,29). The molecule has 3 aromatic rings. The number of fused-ring (bicyclic) bond motifs is 1. The average molecular weight is 404 g/mol. The first-order valence-corrected chi connectivity index (χ1v) is 9.87. The van der Waals surface area contributed by atoms with Gasteiger partial charge in [-0.2, -0.15) is 0 Å². The molecule has 30 heavy (non-hydrogen) atoms. The van der Waals surface area contributed by atoms with Crippen LogP contribution in [0.5, 0.6) is 5.75 Å². The van der Waals surface area contributed by atoms with Crippen LogP contribution < -0.4 is 15.6 Å². The second-order valence-corrected chi connectivity index (χ2v) is 7.38. The lowest BCUT2D eigenvalue weighted by molar-refractivity contribution is -0.117. The molecule has 1 unspecified atom stereocenters. The van der Waals surface area contributed by atoms with Crippen LogP contribution in [-0.2, 0) is 11.2 Å². The second-order valence-electron chi connectivity index (χ2n) is 7.38. The number of nitrogens with zero attached hydrogens (tertiary/aromatic N) is 2. The van der Waals surface area contributed by atoms with Gasteiger partial charge in [0.2, 0.25) is 11.9 Å². The highest BCUT2D eigenvalue weighted by molar-refractivity contribution is 5.90. The molecule has 2 heterocycles. The van der Waals surface area contributed by atoms with Crippen LogP contribution in [0.4, 0.5) is 5.95 Å². The molecule has 2 N–H and O–H groups in total. The Kier molecular flexibility index (Phi) is 5.63. The molecule has 0 saturated heterocycles. The van der Waals surface area contributed by atoms with E-state index >= 15 is 0 Å². The number of carbonyl (C=O) groups excluding carboxylic acids is 1. The summed E-state index contributed by atoms with van der Waals surface area (Å²) in [5, 5.41) is 2.72. The van der Waals surface area contributed by atoms with Gasteiger partial charge in [-0.25, -0.2) is 4.98 Å². The second kappa shape index (κ2) is 8.51. The maximum atomic E-state index is 12.8. The molecule has 0 radical (unpaired) electrons. The van der Waals surface area contributed by atoms with E-state index in [2.05, 4.69) is 38.4 Å². The van der Waals surface area contributed by atoms with E-state index in [0.29, 0.717) is 5.69 Å². The minimum atomic E-state index is -0.293. The molecule has 154 valence electrons. The lowest BCUT2D eigenvalue weighted by Gasteiger charge is -2.37. The normalized spacial score (nSPS) is 16.0. The van der Waals surface area contributed by atoms with Crippen molar-refractivity contribution >= 4 is 11.9 Å². The summed E-state index contributed by atoms with van der Waals surface area (Å²) in [5.41, 5.74) is 3.80. The van der Waals surface area contributed by atoms with Gasteiger partial charge in [0.1, 0.15) is 5.75 Å². The Bertz CT molecular complexity index is 1130. The summed E-state index contributed by atoms with van der Waals surface area (Å²) < 4.78 is 5.41. The Balaban J connectivity index is 1.62. The Morgan fingerprint density at radius 1 is 1.23 bits per heavy atom. The predicted molar refractivity (Wildman–Crippen MR) is 115 cm³/mol. The van der Waals surface area contributed by atoms with Crippen LogP contribution >= 0.6 is 0 Å². The van der Waals surface area contributed by atoms with Crippen LogP contribution in [0.1, 0.15) is 28.4 Å². The number of amides is 1. The fourth-order valence-corrected chi connectivity index (χ4v) is 3.99. The third-order valence-electron chi connectivity index (χ3n) is 5.27. The summed E-state index contributed by atoms with van der Waals surface area (Å²) in [6, 6.07) is 17.6. The maximum absolute atomic E-state index is 12.8. The van der Waals surface area contributed by atoms with Crippen LogP contribution in [0.15, 0.2) is 59.4 Å². The van der Waals surface area contributed by atoms with E-state index in [1.165, 1.54) is 17.2 Å². The summed E-state index contributed by atoms with van der Waals surface area (Å²) in [6.07, 6.45) is 0.865. The zero-order valence-corrected chi connectivity index (χ0v) is 17.0. The van der Waals surface area contributed by atoms with Gasteiger partial charge >= 0.3 is 0 Å². The highest BCUT2D eigenvalue weighted by Gasteiger charge is 2.30. The Morgan fingerprint density at radius 2 is 2.07 bits per heavy atom. The van der Waals surface area contributed by atoms with E-state index in [1.807, 2.05) is 30.3 Å². The van der Waals surface area contributed by atoms with E-state index in [4.69, 9.17) is 4.74 Å². The highest BCUT2D eigenvalue weighted by atomic mass is 16.5. The van der Waals surface area contributed by atoms with Crippen LogP contribution in [-0.4, -0.2) is 41.0 Å². The third-order valence-corrected chi connectivity index (χ3v) is 5.27. The molecule has 0 bridgehead atoms. The van der Waals surface area contributed by atoms with Gasteiger partial charge in [-0.05, 0) is 42.2 Å². The largest absolute Gasteiger partial charge is 0.497 e. The van der Waals surface area contributed by atoms with Gasteiger partial charge < -0.3 is 4.74 Å². The molecule has 0 aliphatic carbocycles. The molecule has 7 heteroatoms. The molecule has 1 atom stereocenters. The first-order chi connectivity index (χ1) is 14.5. The quantitative estimate of drug-likeness (QED) is 0.683. The van der Waals surface area contributed by atoms with Crippen LogP contribution in [0, 0.1) is 6.92 Å². The third kappa shape index (κ3) is 4.26. The first kappa shape index (κ1) is 19.8. The van der Waals surface area contributed by atoms with Crippen molar-refractivity contribution in [2.75, 3.05) is 25.5 Å². The molecule has 0 spiro atoms. The molecule has 1 aliphatic rings. The van der Waals surface area contributed by atoms with Crippen molar-refractivity contribution in [2.45, 2.75) is 19.4 Å². The fraction of sp³-hybridized carbons (Fsp3) is 0.261. The molecule has 2 aromatic carbocycles. The monoisotopic (exact) mass is 404 g/mol. The summed E-state index contributed by atoms with van der Waals surface area (Å²) in [7, 11) is 1.65. The van der Waals surface area contributed by atoms with E-state index in [9.17, 15) is 9.59 Å². The van der Waals surface area contributed by atoms with Crippen LogP contribution in [0.25, 0.3) is 0 Å². The predicted octanol–water partition coefficient (Wildman–Crippen LogP) is 2.67. The van der Waals surface area contributed by atoms with Gasteiger partial charge in [0.25, 0.3) is 5.56 Å². The molecule has 7 nitrogen and oxygen atoms in total. The number of methoxy groups -OCH3 is 1. The SMILES string of the molecule is COc1cccc(C2c3ccccc3CCN2CC(=O)Nc2nc(C)cc(=O)[nH]2)c1. The van der Waals surface area contributed by atoms with Gasteiger partial charge in [-0.1, -0.05) is 36.4 Å². The van der Waals surface area contributed by atoms with E-state index < -0.39 is 0 Å². The summed E-state index contributed by atoms with van der Waals surface area (Å²) in [5.74, 6) is 0.720. The summed E-state index contributed by atoms with van der Waals surface area (Å²) >= 11 is 0. The maximum Gasteiger partial charge on any atom is 0.252 e. The minimum absolute atomic E-state index is 0.0692. The minimum Gasteiger partial charge on any atom is -0.497 e. The zero-order valence-electron chi connectivity index (χ0n) is 17.0. The van der Waals surface area contributed by atoms with Gasteiger partial charge in [0, 0.05) is 18.3 Å². The van der Waals surface area contributed by atoms with Crippen molar-refractivity contribution in [3.05, 3.63) is 87.3 Å². The molecule has 0 fully saturated rings. The van der Waals surface area contributed by atoms with Crippen molar-refractivity contribution < 1.29 is 9.53 Å². The topological polar surface area (TPSA) is 87.3 Å². The molecule has 1 aliphatic heterocycles. The number of hydrogen-bond donors (Lipinski definition) is 2. The molecule has 1 amide bonds. The Labute approximate surface area is 174 Å². The van der Waals surface area contributed by atoms with E-state index in [0.717, 1.165) is 24.3 Å². The molecule has 0 saturated carbocycles. The van der Waals surface area contributed by atoms with Gasteiger partial charge in [0.05, 0.1) is 19.7 Å². The smallest absolute Gasteiger partial charge is 0.252 e. The van der Waals surface area contributed by atoms with E-state index in [-0.39, 0.29) is 30.0 Å². The number of ether oxygens (including phenoxy) is 1. The number of H-pyrrole nitrogens is 1. The fourth-order valence-electron chi connectivity index (χ4n) is 3.99. The van der Waals surface area contributed by atoms with Crippen molar-refractivity contribution in [1.82, 2.24) is 14.9 Å². The first-order valence-electron chi connectivity index (χ1n) is 9.87. The summed E-state index contributed by atoms with van der Waals surface area (Å²) in [4.78, 5) is 33.3. The molecule has 4 rings (SSSR count). The van der Waals surface area contributed by atoms with Gasteiger partial charge in [0.15, 0.2) is 0 Å². The number of rotatable bonds is 5. The van der Waals surface area contributed by atoms with Crippen molar-refractivity contribution in [2.24, 2.45) is 0 Å². The van der Waals surface area contributed by atoms with Crippen molar-refractivity contribution in [3.8, 4) is 5.75 Å². The number of aromatic nitrogens is 2. The molecular formula is C23H24N4O3. The van der Waals surface area contributed by atoms with Crippen molar-refractivity contribution in [3.63, 3.8) is 0 Å². The Hall–Kier alpha value is -3.45. The zero-order chi connectivity index (χ0) is 21.1. The number of carbonyl (C=O) groups is 1. The lowest BCUT2D eigenvalue weighted by atomic mass is 9.88. The lowest BCUT2D eigenvalue weighted by Crippen LogP contribution is -2.41.